The standard InChI is InChI=1S/C14H11F3N2O3S/c1-3-21-12-9(13-19-4-5-23-13)6-8(7-20)11(10(12)18-2)22-14(15,16)17/h4-7H,2-3H2,1H3. The summed E-state index contributed by atoms with van der Waals surface area (Å²) in [5.74, 6) is -0.714. The number of ether oxygens (including phenoxy) is 2. The fourth-order valence-corrected chi connectivity index (χ4v) is 2.56. The first-order valence-electron chi connectivity index (χ1n) is 6.32. The molecule has 1 aromatic carbocycles. The molecule has 0 aliphatic carbocycles. The highest BCUT2D eigenvalue weighted by Gasteiger charge is 2.35. The van der Waals surface area contributed by atoms with E-state index in [1.807, 2.05) is 0 Å². The zero-order chi connectivity index (χ0) is 17.0. The van der Waals surface area contributed by atoms with E-state index in [0.717, 1.165) is 0 Å². The summed E-state index contributed by atoms with van der Waals surface area (Å²) >= 11 is 1.24. The Morgan fingerprint density at radius 1 is 1.43 bits per heavy atom. The van der Waals surface area contributed by atoms with Crippen molar-refractivity contribution in [1.29, 1.82) is 0 Å². The van der Waals surface area contributed by atoms with E-state index in [-0.39, 0.29) is 29.9 Å². The Morgan fingerprint density at radius 3 is 2.65 bits per heavy atom. The van der Waals surface area contributed by atoms with Gasteiger partial charge in [0.05, 0.1) is 17.7 Å². The van der Waals surface area contributed by atoms with Gasteiger partial charge in [-0.25, -0.2) is 4.98 Å². The second kappa shape index (κ2) is 6.78. The molecule has 1 heterocycles. The minimum absolute atomic E-state index is 0.0299. The predicted molar refractivity (Wildman–Crippen MR) is 80.0 cm³/mol. The average Bonchev–Trinajstić information content (AvgIpc) is 3.00. The van der Waals surface area contributed by atoms with Gasteiger partial charge in [-0.3, -0.25) is 9.79 Å². The molecule has 0 fully saturated rings. The molecule has 0 amide bonds. The van der Waals surface area contributed by atoms with Gasteiger partial charge in [0.1, 0.15) is 10.7 Å². The summed E-state index contributed by atoms with van der Waals surface area (Å²) < 4.78 is 47.2. The van der Waals surface area contributed by atoms with Crippen molar-refractivity contribution in [3.63, 3.8) is 0 Å². The van der Waals surface area contributed by atoms with Gasteiger partial charge in [0.2, 0.25) is 0 Å². The molecule has 0 aliphatic rings. The quantitative estimate of drug-likeness (QED) is 0.580. The molecule has 1 aromatic heterocycles. The fraction of sp³-hybridized carbons (Fsp3) is 0.214. The normalized spacial score (nSPS) is 11.1. The number of halogens is 3. The monoisotopic (exact) mass is 344 g/mol. The summed E-state index contributed by atoms with van der Waals surface area (Å²) in [4.78, 5) is 18.9. The predicted octanol–water partition coefficient (Wildman–Crippen LogP) is 4.25. The molecule has 0 aliphatic heterocycles. The van der Waals surface area contributed by atoms with Crippen molar-refractivity contribution in [1.82, 2.24) is 4.98 Å². The molecular weight excluding hydrogens is 333 g/mol. The molecular formula is C14H11F3N2O3S. The third-order valence-electron chi connectivity index (χ3n) is 2.69. The highest BCUT2D eigenvalue weighted by molar-refractivity contribution is 7.13. The van der Waals surface area contributed by atoms with E-state index in [4.69, 9.17) is 4.74 Å². The van der Waals surface area contributed by atoms with Crippen LogP contribution in [0.25, 0.3) is 10.6 Å². The Bertz CT molecular complexity index is 715. The first-order chi connectivity index (χ1) is 10.9. The maximum absolute atomic E-state index is 12.6. The lowest BCUT2D eigenvalue weighted by Gasteiger charge is -2.18. The maximum Gasteiger partial charge on any atom is 0.573 e. The van der Waals surface area contributed by atoms with Crippen molar-refractivity contribution in [2.75, 3.05) is 6.61 Å². The highest BCUT2D eigenvalue weighted by Crippen LogP contribution is 2.48. The van der Waals surface area contributed by atoms with Crippen LogP contribution in [0.15, 0.2) is 22.6 Å². The van der Waals surface area contributed by atoms with Crippen LogP contribution in [0.1, 0.15) is 17.3 Å². The molecule has 2 aromatic rings. The van der Waals surface area contributed by atoms with Crippen LogP contribution in [0, 0.1) is 0 Å². The van der Waals surface area contributed by atoms with Crippen LogP contribution in [0.3, 0.4) is 0 Å². The van der Waals surface area contributed by atoms with Crippen molar-refractivity contribution in [3.8, 4) is 22.1 Å². The lowest BCUT2D eigenvalue weighted by atomic mass is 10.1. The topological polar surface area (TPSA) is 60.8 Å². The van der Waals surface area contributed by atoms with Crippen LogP contribution < -0.4 is 9.47 Å². The number of benzene rings is 1. The minimum Gasteiger partial charge on any atom is -0.491 e. The molecule has 2 rings (SSSR count). The number of nitrogens with zero attached hydrogens (tertiary/aromatic N) is 2. The van der Waals surface area contributed by atoms with Crippen molar-refractivity contribution in [2.24, 2.45) is 4.99 Å². The van der Waals surface area contributed by atoms with Gasteiger partial charge in [-0.1, -0.05) is 0 Å². The van der Waals surface area contributed by atoms with Crippen LogP contribution in [0.2, 0.25) is 0 Å². The molecule has 0 spiro atoms. The van der Waals surface area contributed by atoms with E-state index < -0.39 is 12.1 Å². The summed E-state index contributed by atoms with van der Waals surface area (Å²) in [5, 5.41) is 2.16. The number of thiazole rings is 1. The van der Waals surface area contributed by atoms with Crippen molar-refractivity contribution in [3.05, 3.63) is 23.2 Å². The molecule has 0 N–H and O–H groups in total. The van der Waals surface area contributed by atoms with Gasteiger partial charge in [-0.2, -0.15) is 0 Å². The molecule has 0 atom stereocenters. The molecule has 0 unspecified atom stereocenters. The number of carbonyl (C=O) groups is 1. The number of carbonyl (C=O) groups excluding carboxylic acids is 1. The third-order valence-corrected chi connectivity index (χ3v) is 3.50. The molecule has 0 bridgehead atoms. The van der Waals surface area contributed by atoms with Gasteiger partial charge in [0.25, 0.3) is 0 Å². The molecule has 23 heavy (non-hydrogen) atoms. The number of aromatic nitrogens is 1. The Labute approximate surface area is 133 Å². The van der Waals surface area contributed by atoms with E-state index in [0.29, 0.717) is 10.6 Å². The molecule has 9 heteroatoms. The lowest BCUT2D eigenvalue weighted by Crippen LogP contribution is -2.18. The van der Waals surface area contributed by atoms with E-state index in [1.165, 1.54) is 23.6 Å². The fourth-order valence-electron chi connectivity index (χ4n) is 1.91. The van der Waals surface area contributed by atoms with Gasteiger partial charge in [-0.15, -0.1) is 24.5 Å². The van der Waals surface area contributed by atoms with Gasteiger partial charge in [0.15, 0.2) is 17.8 Å². The Kier molecular flexibility index (Phi) is 4.99. The lowest BCUT2D eigenvalue weighted by molar-refractivity contribution is -0.274. The molecule has 5 nitrogen and oxygen atoms in total. The second-order valence-corrected chi connectivity index (χ2v) is 5.01. The Morgan fingerprint density at radius 2 is 2.17 bits per heavy atom. The first-order valence-corrected chi connectivity index (χ1v) is 7.20. The summed E-state index contributed by atoms with van der Waals surface area (Å²) in [7, 11) is 0. The Balaban J connectivity index is 2.76. The number of aldehydes is 1. The van der Waals surface area contributed by atoms with Crippen LogP contribution in [0.5, 0.6) is 11.5 Å². The first kappa shape index (κ1) is 16.9. The molecule has 122 valence electrons. The molecule has 0 radical (unpaired) electrons. The number of aliphatic imine (C=N–C) groups is 1. The van der Waals surface area contributed by atoms with Gasteiger partial charge in [0, 0.05) is 11.6 Å². The van der Waals surface area contributed by atoms with Crippen LogP contribution >= 0.6 is 11.3 Å². The van der Waals surface area contributed by atoms with Crippen LogP contribution in [0.4, 0.5) is 18.9 Å². The molecule has 0 saturated heterocycles. The summed E-state index contributed by atoms with van der Waals surface area (Å²) in [6.45, 7) is 5.09. The summed E-state index contributed by atoms with van der Waals surface area (Å²) in [6, 6.07) is 1.23. The third kappa shape index (κ3) is 3.67. The largest absolute Gasteiger partial charge is 0.573 e. The number of alkyl halides is 3. The van der Waals surface area contributed by atoms with Crippen molar-refractivity contribution >= 4 is 30.0 Å². The Hall–Kier alpha value is -2.42. The van der Waals surface area contributed by atoms with Gasteiger partial charge >= 0.3 is 6.36 Å². The summed E-state index contributed by atoms with van der Waals surface area (Å²) in [5.41, 5.74) is -0.266. The van der Waals surface area contributed by atoms with E-state index in [2.05, 4.69) is 21.4 Å². The van der Waals surface area contributed by atoms with E-state index >= 15 is 0 Å². The minimum atomic E-state index is -4.98. The maximum atomic E-state index is 12.6. The number of hydrogen-bond acceptors (Lipinski definition) is 6. The number of rotatable bonds is 6. The van der Waals surface area contributed by atoms with Gasteiger partial charge < -0.3 is 9.47 Å². The van der Waals surface area contributed by atoms with Crippen LogP contribution in [-0.4, -0.2) is 31.0 Å². The van der Waals surface area contributed by atoms with E-state index in [1.54, 1.807) is 12.3 Å². The zero-order valence-corrected chi connectivity index (χ0v) is 12.7. The van der Waals surface area contributed by atoms with Crippen molar-refractivity contribution < 1.29 is 27.4 Å². The van der Waals surface area contributed by atoms with Crippen LogP contribution in [-0.2, 0) is 0 Å². The second-order valence-electron chi connectivity index (χ2n) is 4.11. The van der Waals surface area contributed by atoms with Gasteiger partial charge in [-0.05, 0) is 19.7 Å². The van der Waals surface area contributed by atoms with E-state index in [9.17, 15) is 18.0 Å². The SMILES string of the molecule is C=Nc1c(OC(F)(F)F)c(C=O)cc(-c2nccs2)c1OCC. The highest BCUT2D eigenvalue weighted by atomic mass is 32.1. The molecule has 0 saturated carbocycles. The summed E-state index contributed by atoms with van der Waals surface area (Å²) in [6.07, 6.45) is -3.20. The van der Waals surface area contributed by atoms with Crippen molar-refractivity contribution in [2.45, 2.75) is 13.3 Å². The number of hydrogen-bond donors (Lipinski definition) is 0. The average molecular weight is 344 g/mol. The zero-order valence-electron chi connectivity index (χ0n) is 11.9. The smallest absolute Gasteiger partial charge is 0.491 e.